The fourth-order valence-corrected chi connectivity index (χ4v) is 2.45. The second kappa shape index (κ2) is 7.87. The van der Waals surface area contributed by atoms with Gasteiger partial charge in [-0.25, -0.2) is 0 Å². The van der Waals surface area contributed by atoms with Crippen LogP contribution in [-0.2, 0) is 6.61 Å². The summed E-state index contributed by atoms with van der Waals surface area (Å²) in [4.78, 5) is 3.98. The molecule has 0 spiro atoms. The molecule has 0 amide bonds. The van der Waals surface area contributed by atoms with Gasteiger partial charge in [0.1, 0.15) is 12.4 Å². The molecule has 0 radical (unpaired) electrons. The van der Waals surface area contributed by atoms with Crippen LogP contribution >= 0.6 is 23.2 Å². The van der Waals surface area contributed by atoms with Crippen molar-refractivity contribution in [2.24, 2.45) is 10.7 Å². The number of allylic oxidation sites excluding steroid dienone is 1. The van der Waals surface area contributed by atoms with Crippen molar-refractivity contribution in [3.8, 4) is 5.75 Å². The van der Waals surface area contributed by atoms with Crippen molar-refractivity contribution in [2.75, 3.05) is 7.05 Å². The van der Waals surface area contributed by atoms with Crippen molar-refractivity contribution < 1.29 is 4.74 Å². The lowest BCUT2D eigenvalue weighted by molar-refractivity contribution is 0.306. The number of hydrogen-bond donors (Lipinski definition) is 1. The molecule has 0 heterocycles. The van der Waals surface area contributed by atoms with Gasteiger partial charge in [-0.15, -0.1) is 0 Å². The fraction of sp³-hybridized carbons (Fsp3) is 0.118. The third-order valence-electron chi connectivity index (χ3n) is 3.06. The van der Waals surface area contributed by atoms with E-state index in [2.05, 4.69) is 4.99 Å². The van der Waals surface area contributed by atoms with Gasteiger partial charge in [0.05, 0.1) is 0 Å². The lowest BCUT2D eigenvalue weighted by Crippen LogP contribution is -1.98. The normalized spacial score (nSPS) is 11.9. The number of ether oxygens (including phenoxy) is 1. The maximum Gasteiger partial charge on any atom is 0.120 e. The molecule has 0 unspecified atom stereocenters. The molecule has 0 aromatic heterocycles. The third kappa shape index (κ3) is 4.03. The third-order valence-corrected chi connectivity index (χ3v) is 3.77. The van der Waals surface area contributed by atoms with Crippen molar-refractivity contribution in [3.05, 3.63) is 69.8 Å². The Labute approximate surface area is 140 Å². The highest BCUT2D eigenvalue weighted by Gasteiger charge is 2.07. The first-order valence-electron chi connectivity index (χ1n) is 6.66. The minimum atomic E-state index is 0.297. The van der Waals surface area contributed by atoms with Crippen LogP contribution in [0.15, 0.2) is 53.7 Å². The lowest BCUT2D eigenvalue weighted by Gasteiger charge is -2.10. The number of hydrogen-bond acceptors (Lipinski definition) is 3. The van der Waals surface area contributed by atoms with Crippen LogP contribution < -0.4 is 10.5 Å². The van der Waals surface area contributed by atoms with Crippen LogP contribution in [0.4, 0.5) is 0 Å². The number of nitrogens with zero attached hydrogens (tertiary/aromatic N) is 1. The number of aliphatic imine (C=N–C) groups is 1. The molecule has 0 aliphatic rings. The van der Waals surface area contributed by atoms with Crippen LogP contribution in [0.25, 0.3) is 5.57 Å². The Morgan fingerprint density at radius 1 is 1.18 bits per heavy atom. The minimum absolute atomic E-state index is 0.297. The van der Waals surface area contributed by atoms with Crippen molar-refractivity contribution in [1.82, 2.24) is 0 Å². The molecule has 0 atom stereocenters. The Bertz CT molecular complexity index is 691. The Hall–Kier alpha value is -1.97. The quantitative estimate of drug-likeness (QED) is 0.814. The molecule has 0 bridgehead atoms. The zero-order valence-corrected chi connectivity index (χ0v) is 13.6. The predicted molar refractivity (Wildman–Crippen MR) is 93.8 cm³/mol. The van der Waals surface area contributed by atoms with Crippen LogP contribution in [0.3, 0.4) is 0 Å². The topological polar surface area (TPSA) is 47.6 Å². The van der Waals surface area contributed by atoms with Crippen molar-refractivity contribution in [3.63, 3.8) is 0 Å². The molecule has 0 fully saturated rings. The second-order valence-electron chi connectivity index (χ2n) is 4.53. The van der Waals surface area contributed by atoms with Crippen LogP contribution in [-0.4, -0.2) is 13.3 Å². The summed E-state index contributed by atoms with van der Waals surface area (Å²) in [5, 5.41) is 1.17. The first kappa shape index (κ1) is 16.4. The monoisotopic (exact) mass is 334 g/mol. The van der Waals surface area contributed by atoms with Gasteiger partial charge in [-0.3, -0.25) is 4.99 Å². The van der Waals surface area contributed by atoms with E-state index in [1.54, 1.807) is 31.5 Å². The SMILES string of the molecule is CN=C/C(=C\N)c1cccc(OCc2c(Cl)cccc2Cl)c1. The fourth-order valence-electron chi connectivity index (χ4n) is 1.94. The van der Waals surface area contributed by atoms with Crippen molar-refractivity contribution in [2.45, 2.75) is 6.61 Å². The van der Waals surface area contributed by atoms with Crippen LogP contribution in [0.5, 0.6) is 5.75 Å². The lowest BCUT2D eigenvalue weighted by atomic mass is 10.1. The molecule has 5 heteroatoms. The second-order valence-corrected chi connectivity index (χ2v) is 5.34. The van der Waals surface area contributed by atoms with E-state index in [1.165, 1.54) is 6.20 Å². The number of benzene rings is 2. The first-order chi connectivity index (χ1) is 10.7. The van der Waals surface area contributed by atoms with E-state index in [-0.39, 0.29) is 0 Å². The summed E-state index contributed by atoms with van der Waals surface area (Å²) in [6.45, 7) is 0.297. The van der Waals surface area contributed by atoms with E-state index < -0.39 is 0 Å². The summed E-state index contributed by atoms with van der Waals surface area (Å²) in [5.74, 6) is 0.706. The maximum absolute atomic E-state index is 6.13. The van der Waals surface area contributed by atoms with Gasteiger partial charge in [-0.05, 0) is 29.8 Å². The molecule has 114 valence electrons. The number of halogens is 2. The average Bonchev–Trinajstić information content (AvgIpc) is 2.52. The summed E-state index contributed by atoms with van der Waals surface area (Å²) in [5.41, 5.74) is 8.13. The van der Waals surface area contributed by atoms with Gasteiger partial charge in [0, 0.05) is 40.6 Å². The Balaban J connectivity index is 2.18. The standard InChI is InChI=1S/C17H16Cl2N2O/c1-21-10-13(9-20)12-4-2-5-14(8-12)22-11-15-16(18)6-3-7-17(15)19/h2-10H,11,20H2,1H3/b13-9+,21-10?. The van der Waals surface area contributed by atoms with E-state index in [4.69, 9.17) is 33.7 Å². The predicted octanol–water partition coefficient (Wildman–Crippen LogP) is 4.57. The van der Waals surface area contributed by atoms with E-state index in [9.17, 15) is 0 Å². The summed E-state index contributed by atoms with van der Waals surface area (Å²) >= 11 is 12.3. The van der Waals surface area contributed by atoms with Crippen LogP contribution in [0, 0.1) is 0 Å². The zero-order valence-electron chi connectivity index (χ0n) is 12.1. The molecule has 2 aromatic rings. The molecule has 0 aliphatic carbocycles. The Morgan fingerprint density at radius 2 is 1.86 bits per heavy atom. The highest BCUT2D eigenvalue weighted by Crippen LogP contribution is 2.26. The van der Waals surface area contributed by atoms with Gasteiger partial charge < -0.3 is 10.5 Å². The maximum atomic E-state index is 6.13. The van der Waals surface area contributed by atoms with Gasteiger partial charge in [-0.1, -0.05) is 41.4 Å². The van der Waals surface area contributed by atoms with Crippen LogP contribution in [0.1, 0.15) is 11.1 Å². The molecule has 2 rings (SSSR count). The highest BCUT2D eigenvalue weighted by molar-refractivity contribution is 6.35. The van der Waals surface area contributed by atoms with Gasteiger partial charge in [0.2, 0.25) is 0 Å². The van der Waals surface area contributed by atoms with Crippen LogP contribution in [0.2, 0.25) is 10.0 Å². The molecular weight excluding hydrogens is 319 g/mol. The summed E-state index contributed by atoms with van der Waals surface area (Å²) in [6.07, 6.45) is 3.21. The van der Waals surface area contributed by atoms with E-state index in [0.717, 1.165) is 16.7 Å². The molecule has 0 saturated carbocycles. The van der Waals surface area contributed by atoms with Crippen molar-refractivity contribution in [1.29, 1.82) is 0 Å². The van der Waals surface area contributed by atoms with E-state index in [1.807, 2.05) is 24.3 Å². The molecule has 0 aliphatic heterocycles. The van der Waals surface area contributed by atoms with E-state index >= 15 is 0 Å². The molecule has 2 aromatic carbocycles. The van der Waals surface area contributed by atoms with E-state index in [0.29, 0.717) is 22.4 Å². The van der Waals surface area contributed by atoms with Gasteiger partial charge in [0.15, 0.2) is 0 Å². The highest BCUT2D eigenvalue weighted by atomic mass is 35.5. The summed E-state index contributed by atoms with van der Waals surface area (Å²) in [6, 6.07) is 13.0. The van der Waals surface area contributed by atoms with Gasteiger partial charge >= 0.3 is 0 Å². The van der Waals surface area contributed by atoms with Gasteiger partial charge in [-0.2, -0.15) is 0 Å². The average molecular weight is 335 g/mol. The molecule has 0 saturated heterocycles. The largest absolute Gasteiger partial charge is 0.489 e. The first-order valence-corrected chi connectivity index (χ1v) is 7.41. The number of rotatable bonds is 5. The summed E-state index contributed by atoms with van der Waals surface area (Å²) < 4.78 is 5.79. The molecule has 22 heavy (non-hydrogen) atoms. The Kier molecular flexibility index (Phi) is 5.87. The molecule has 3 nitrogen and oxygen atoms in total. The van der Waals surface area contributed by atoms with Gasteiger partial charge in [0.25, 0.3) is 0 Å². The van der Waals surface area contributed by atoms with Crippen molar-refractivity contribution >= 4 is 35.0 Å². The minimum Gasteiger partial charge on any atom is -0.489 e. The molecular formula is C17H16Cl2N2O. The smallest absolute Gasteiger partial charge is 0.120 e. The molecule has 2 N–H and O–H groups in total. The zero-order chi connectivity index (χ0) is 15.9. The number of nitrogens with two attached hydrogens (primary N) is 1. The summed E-state index contributed by atoms with van der Waals surface area (Å²) in [7, 11) is 1.70. The Morgan fingerprint density at radius 3 is 2.50 bits per heavy atom.